The highest BCUT2D eigenvalue weighted by molar-refractivity contribution is 6.34. The van der Waals surface area contributed by atoms with E-state index in [0.29, 0.717) is 10.7 Å². The van der Waals surface area contributed by atoms with E-state index in [9.17, 15) is 4.79 Å². The summed E-state index contributed by atoms with van der Waals surface area (Å²) in [4.78, 5) is 12.3. The van der Waals surface area contributed by atoms with Crippen molar-refractivity contribution in [3.05, 3.63) is 71.0 Å². The van der Waals surface area contributed by atoms with Crippen LogP contribution < -0.4 is 5.32 Å². The molecule has 122 valence electrons. The molecule has 4 nitrogen and oxygen atoms in total. The molecular formula is C19H18ClN3O. The quantitative estimate of drug-likeness (QED) is 0.762. The monoisotopic (exact) mass is 339 g/mol. The molecule has 0 spiro atoms. The average Bonchev–Trinajstić information content (AvgIpc) is 3.00. The number of amides is 1. The van der Waals surface area contributed by atoms with Crippen LogP contribution in [0.25, 0.3) is 11.1 Å². The minimum Gasteiger partial charge on any atom is -0.323 e. The van der Waals surface area contributed by atoms with Gasteiger partial charge in [-0.15, -0.1) is 0 Å². The van der Waals surface area contributed by atoms with Crippen molar-refractivity contribution in [2.75, 3.05) is 5.32 Å². The predicted molar refractivity (Wildman–Crippen MR) is 97.2 cm³/mol. The molecule has 1 amide bonds. The van der Waals surface area contributed by atoms with Gasteiger partial charge in [0.1, 0.15) is 6.54 Å². The summed E-state index contributed by atoms with van der Waals surface area (Å²) < 4.78 is 1.62. The number of nitrogens with zero attached hydrogens (tertiary/aromatic N) is 2. The van der Waals surface area contributed by atoms with Crippen molar-refractivity contribution in [3.63, 3.8) is 0 Å². The summed E-state index contributed by atoms with van der Waals surface area (Å²) in [5.41, 5.74) is 4.71. The van der Waals surface area contributed by atoms with Crippen LogP contribution in [0, 0.1) is 13.8 Å². The van der Waals surface area contributed by atoms with Gasteiger partial charge in [-0.2, -0.15) is 5.10 Å². The Morgan fingerprint density at radius 1 is 1.17 bits per heavy atom. The smallest absolute Gasteiger partial charge is 0.246 e. The van der Waals surface area contributed by atoms with Crippen LogP contribution in [0.2, 0.25) is 5.02 Å². The molecule has 0 saturated heterocycles. The number of rotatable bonds is 4. The zero-order chi connectivity index (χ0) is 17.1. The van der Waals surface area contributed by atoms with Crippen molar-refractivity contribution in [1.29, 1.82) is 0 Å². The number of nitrogens with one attached hydrogen (secondary N) is 1. The van der Waals surface area contributed by atoms with Gasteiger partial charge in [-0.1, -0.05) is 48.0 Å². The number of aromatic nitrogens is 2. The van der Waals surface area contributed by atoms with Gasteiger partial charge in [0.2, 0.25) is 5.91 Å². The summed E-state index contributed by atoms with van der Waals surface area (Å²) in [5, 5.41) is 7.67. The van der Waals surface area contributed by atoms with Gasteiger partial charge >= 0.3 is 0 Å². The molecule has 0 saturated carbocycles. The lowest BCUT2D eigenvalue weighted by Crippen LogP contribution is -2.19. The normalized spacial score (nSPS) is 10.6. The molecule has 1 heterocycles. The lowest BCUT2D eigenvalue weighted by molar-refractivity contribution is -0.116. The molecular weight excluding hydrogens is 322 g/mol. The second-order valence-electron chi connectivity index (χ2n) is 5.78. The summed E-state index contributed by atoms with van der Waals surface area (Å²) >= 11 is 6.23. The van der Waals surface area contributed by atoms with Gasteiger partial charge in [0.25, 0.3) is 0 Å². The number of halogens is 1. The molecule has 3 aromatic rings. The Hall–Kier alpha value is -2.59. The Balaban J connectivity index is 1.71. The highest BCUT2D eigenvalue weighted by Crippen LogP contribution is 2.27. The maximum atomic E-state index is 12.3. The topological polar surface area (TPSA) is 46.9 Å². The Morgan fingerprint density at radius 3 is 2.62 bits per heavy atom. The third kappa shape index (κ3) is 3.66. The first kappa shape index (κ1) is 16.3. The third-order valence-corrected chi connectivity index (χ3v) is 4.04. The second kappa shape index (κ2) is 6.89. The van der Waals surface area contributed by atoms with Crippen LogP contribution in [0.3, 0.4) is 0 Å². The maximum Gasteiger partial charge on any atom is 0.246 e. The first-order valence-electron chi connectivity index (χ1n) is 7.67. The molecule has 0 aliphatic carbocycles. The molecule has 1 N–H and O–H groups in total. The van der Waals surface area contributed by atoms with Gasteiger partial charge in [-0.05, 0) is 36.6 Å². The van der Waals surface area contributed by atoms with E-state index in [1.165, 1.54) is 0 Å². The molecule has 0 aliphatic rings. The average molecular weight is 340 g/mol. The van der Waals surface area contributed by atoms with Gasteiger partial charge < -0.3 is 5.32 Å². The van der Waals surface area contributed by atoms with Crippen LogP contribution in [-0.2, 0) is 11.3 Å². The third-order valence-electron chi connectivity index (χ3n) is 3.74. The van der Waals surface area contributed by atoms with Gasteiger partial charge in [-0.25, -0.2) is 0 Å². The molecule has 3 rings (SSSR count). The lowest BCUT2D eigenvalue weighted by atomic mass is 10.1. The summed E-state index contributed by atoms with van der Waals surface area (Å²) in [6.45, 7) is 4.03. The zero-order valence-corrected chi connectivity index (χ0v) is 14.3. The van der Waals surface area contributed by atoms with Crippen molar-refractivity contribution in [2.45, 2.75) is 20.4 Å². The number of benzene rings is 2. The molecule has 0 aliphatic heterocycles. The van der Waals surface area contributed by atoms with Gasteiger partial charge in [0, 0.05) is 11.8 Å². The van der Waals surface area contributed by atoms with E-state index in [0.717, 1.165) is 22.3 Å². The van der Waals surface area contributed by atoms with E-state index in [2.05, 4.69) is 10.4 Å². The van der Waals surface area contributed by atoms with E-state index < -0.39 is 0 Å². The van der Waals surface area contributed by atoms with E-state index in [1.54, 1.807) is 10.9 Å². The lowest BCUT2D eigenvalue weighted by Gasteiger charge is -2.11. The van der Waals surface area contributed by atoms with Crippen LogP contribution in [0.15, 0.2) is 54.9 Å². The molecule has 0 radical (unpaired) electrons. The molecule has 2 aromatic carbocycles. The predicted octanol–water partition coefficient (Wildman–Crippen LogP) is 4.46. The van der Waals surface area contributed by atoms with Crippen molar-refractivity contribution < 1.29 is 4.79 Å². The van der Waals surface area contributed by atoms with Gasteiger partial charge in [-0.3, -0.25) is 9.48 Å². The van der Waals surface area contributed by atoms with Crippen LogP contribution in [-0.4, -0.2) is 15.7 Å². The highest BCUT2D eigenvalue weighted by atomic mass is 35.5. The van der Waals surface area contributed by atoms with Crippen LogP contribution in [0.4, 0.5) is 5.69 Å². The fourth-order valence-electron chi connectivity index (χ4n) is 2.63. The Kier molecular flexibility index (Phi) is 4.67. The molecule has 1 aromatic heterocycles. The van der Waals surface area contributed by atoms with E-state index in [1.807, 2.05) is 62.5 Å². The number of carbonyl (C=O) groups is 1. The number of anilines is 1. The maximum absolute atomic E-state index is 12.3. The summed E-state index contributed by atoms with van der Waals surface area (Å²) in [6, 6.07) is 13.8. The minimum atomic E-state index is -0.161. The first-order valence-corrected chi connectivity index (χ1v) is 8.05. The number of aryl methyl sites for hydroxylation is 2. The number of carbonyl (C=O) groups excluding carboxylic acids is 1. The van der Waals surface area contributed by atoms with Crippen molar-refractivity contribution >= 4 is 23.2 Å². The second-order valence-corrected chi connectivity index (χ2v) is 6.19. The zero-order valence-electron chi connectivity index (χ0n) is 13.6. The van der Waals surface area contributed by atoms with E-state index >= 15 is 0 Å². The Bertz CT molecular complexity index is 848. The van der Waals surface area contributed by atoms with Crippen molar-refractivity contribution in [2.24, 2.45) is 0 Å². The van der Waals surface area contributed by atoms with Crippen molar-refractivity contribution in [3.8, 4) is 11.1 Å². The van der Waals surface area contributed by atoms with Crippen LogP contribution in [0.5, 0.6) is 0 Å². The number of hydrogen-bond donors (Lipinski definition) is 1. The summed E-state index contributed by atoms with van der Waals surface area (Å²) in [6.07, 6.45) is 3.62. The van der Waals surface area contributed by atoms with Gasteiger partial charge in [0.15, 0.2) is 0 Å². The van der Waals surface area contributed by atoms with Crippen LogP contribution in [0.1, 0.15) is 11.1 Å². The van der Waals surface area contributed by atoms with Crippen LogP contribution >= 0.6 is 11.6 Å². The standard InChI is InChI=1S/C19H18ClN3O/c1-13-8-14(2)19(17(20)9-13)22-18(24)12-23-11-16(10-21-23)15-6-4-3-5-7-15/h3-11H,12H2,1-2H3,(H,22,24). The fourth-order valence-corrected chi connectivity index (χ4v) is 3.00. The summed E-state index contributed by atoms with van der Waals surface area (Å²) in [7, 11) is 0. The SMILES string of the molecule is Cc1cc(C)c(NC(=O)Cn2cc(-c3ccccc3)cn2)c(Cl)c1. The molecule has 0 bridgehead atoms. The van der Waals surface area contributed by atoms with Gasteiger partial charge in [0.05, 0.1) is 16.9 Å². The van der Waals surface area contributed by atoms with Crippen molar-refractivity contribution in [1.82, 2.24) is 9.78 Å². The fraction of sp³-hybridized carbons (Fsp3) is 0.158. The number of hydrogen-bond acceptors (Lipinski definition) is 2. The molecule has 0 atom stereocenters. The Labute approximate surface area is 146 Å². The summed E-state index contributed by atoms with van der Waals surface area (Å²) in [5.74, 6) is -0.161. The molecule has 24 heavy (non-hydrogen) atoms. The molecule has 0 unspecified atom stereocenters. The molecule has 5 heteroatoms. The molecule has 0 fully saturated rings. The van der Waals surface area contributed by atoms with E-state index in [4.69, 9.17) is 11.6 Å². The minimum absolute atomic E-state index is 0.135. The first-order chi connectivity index (χ1) is 11.5. The highest BCUT2D eigenvalue weighted by Gasteiger charge is 2.11. The van der Waals surface area contributed by atoms with E-state index in [-0.39, 0.29) is 12.5 Å². The Morgan fingerprint density at radius 2 is 1.92 bits per heavy atom. The largest absolute Gasteiger partial charge is 0.323 e.